The lowest BCUT2D eigenvalue weighted by molar-refractivity contribution is 0.342. The van der Waals surface area contributed by atoms with E-state index in [9.17, 15) is 0 Å². The van der Waals surface area contributed by atoms with E-state index in [-0.39, 0.29) is 0 Å². The summed E-state index contributed by atoms with van der Waals surface area (Å²) in [4.78, 5) is 4.08. The number of hydrogen-bond acceptors (Lipinski definition) is 2. The fourth-order valence-corrected chi connectivity index (χ4v) is 0.853. The third-order valence-electron chi connectivity index (χ3n) is 1.43. The maximum Gasteiger partial charge on any atom is 0.169 e. The molecule has 0 amide bonds. The Morgan fingerprint density at radius 1 is 1.33 bits per heavy atom. The van der Waals surface area contributed by atoms with Gasteiger partial charge in [-0.15, -0.1) is 0 Å². The van der Waals surface area contributed by atoms with Crippen LogP contribution in [0.1, 0.15) is 12.5 Å². The van der Waals surface area contributed by atoms with Crippen molar-refractivity contribution in [1.29, 1.82) is 0 Å². The van der Waals surface area contributed by atoms with Crippen LogP contribution in [0.4, 0.5) is 0 Å². The van der Waals surface area contributed by atoms with Gasteiger partial charge in [0, 0.05) is 0 Å². The van der Waals surface area contributed by atoms with E-state index in [0.29, 0.717) is 13.2 Å². The Bertz CT molecular complexity index is 231. The van der Waals surface area contributed by atoms with Gasteiger partial charge >= 0.3 is 0 Å². The van der Waals surface area contributed by atoms with Crippen LogP contribution in [0.5, 0.6) is 0 Å². The second-order valence-electron chi connectivity index (χ2n) is 2.39. The molecule has 0 saturated heterocycles. The Labute approximate surface area is 72.9 Å². The molecule has 0 aromatic heterocycles. The molecule has 2 heteroatoms. The predicted octanol–water partition coefficient (Wildman–Crippen LogP) is 2.25. The van der Waals surface area contributed by atoms with Crippen LogP contribution in [0.3, 0.4) is 0 Å². The van der Waals surface area contributed by atoms with Crippen LogP contribution < -0.4 is 0 Å². The molecule has 0 unspecified atom stereocenters. The quantitative estimate of drug-likeness (QED) is 0.492. The van der Waals surface area contributed by atoms with E-state index < -0.39 is 0 Å². The zero-order valence-electron chi connectivity index (χ0n) is 7.23. The number of ether oxygens (including phenoxy) is 1. The highest BCUT2D eigenvalue weighted by Gasteiger charge is 1.85. The molecule has 0 heterocycles. The molecule has 1 rings (SSSR count). The molecule has 2 nitrogen and oxygen atoms in total. The topological polar surface area (TPSA) is 21.6 Å². The molecule has 0 N–H and O–H groups in total. The summed E-state index contributed by atoms with van der Waals surface area (Å²) in [5, 5.41) is 0. The van der Waals surface area contributed by atoms with Crippen molar-refractivity contribution in [3.05, 3.63) is 35.9 Å². The van der Waals surface area contributed by atoms with Gasteiger partial charge < -0.3 is 4.74 Å². The van der Waals surface area contributed by atoms with Crippen molar-refractivity contribution in [3.8, 4) is 0 Å². The summed E-state index contributed by atoms with van der Waals surface area (Å²) in [7, 11) is 0. The third-order valence-corrected chi connectivity index (χ3v) is 1.43. The molecule has 0 spiro atoms. The predicted molar refractivity (Wildman–Crippen MR) is 50.3 cm³/mol. The molecule has 12 heavy (non-hydrogen) atoms. The first-order chi connectivity index (χ1) is 5.93. The van der Waals surface area contributed by atoms with E-state index in [1.807, 2.05) is 37.3 Å². The van der Waals surface area contributed by atoms with E-state index in [1.165, 1.54) is 12.0 Å². The van der Waals surface area contributed by atoms with Crippen molar-refractivity contribution in [2.45, 2.75) is 13.5 Å². The molecule has 0 aliphatic carbocycles. The van der Waals surface area contributed by atoms with Gasteiger partial charge in [-0.3, -0.25) is 4.99 Å². The largest absolute Gasteiger partial charge is 0.484 e. The summed E-state index contributed by atoms with van der Waals surface area (Å²) >= 11 is 0. The summed E-state index contributed by atoms with van der Waals surface area (Å²) in [5.74, 6) is 0. The van der Waals surface area contributed by atoms with Crippen LogP contribution in [0, 0.1) is 0 Å². The van der Waals surface area contributed by atoms with Crippen LogP contribution in [0.2, 0.25) is 0 Å². The van der Waals surface area contributed by atoms with Crippen molar-refractivity contribution in [2.24, 2.45) is 4.99 Å². The zero-order valence-corrected chi connectivity index (χ0v) is 7.23. The van der Waals surface area contributed by atoms with Gasteiger partial charge in [0.2, 0.25) is 0 Å². The summed E-state index contributed by atoms with van der Waals surface area (Å²) in [5.41, 5.74) is 1.20. The second kappa shape index (κ2) is 5.35. The number of benzene rings is 1. The lowest BCUT2D eigenvalue weighted by Gasteiger charge is -1.94. The van der Waals surface area contributed by atoms with Gasteiger partial charge in [-0.25, -0.2) is 0 Å². The average molecular weight is 163 g/mol. The number of nitrogens with zero attached hydrogens (tertiary/aromatic N) is 1. The molecular weight excluding hydrogens is 150 g/mol. The highest BCUT2D eigenvalue weighted by molar-refractivity contribution is 5.46. The minimum absolute atomic E-state index is 0.679. The fraction of sp³-hybridized carbons (Fsp3) is 0.300. The molecule has 0 atom stereocenters. The highest BCUT2D eigenvalue weighted by atomic mass is 16.5. The molecule has 0 radical (unpaired) electrons. The molecule has 0 fully saturated rings. The van der Waals surface area contributed by atoms with Gasteiger partial charge in [-0.2, -0.15) is 0 Å². The van der Waals surface area contributed by atoms with E-state index in [0.717, 1.165) is 0 Å². The zero-order chi connectivity index (χ0) is 8.65. The number of aliphatic imine (C=N–C) groups is 1. The van der Waals surface area contributed by atoms with Gasteiger partial charge in [0.25, 0.3) is 0 Å². The molecule has 1 aromatic rings. The molecule has 0 aliphatic heterocycles. The summed E-state index contributed by atoms with van der Waals surface area (Å²) in [6.45, 7) is 3.31. The number of hydrogen-bond donors (Lipinski definition) is 0. The lowest BCUT2D eigenvalue weighted by atomic mass is 10.2. The van der Waals surface area contributed by atoms with Crippen molar-refractivity contribution in [2.75, 3.05) is 6.61 Å². The first-order valence-corrected chi connectivity index (χ1v) is 4.07. The van der Waals surface area contributed by atoms with E-state index in [1.54, 1.807) is 0 Å². The fourth-order valence-electron chi connectivity index (χ4n) is 0.853. The molecule has 1 aromatic carbocycles. The van der Waals surface area contributed by atoms with Gasteiger partial charge in [0.05, 0.1) is 13.2 Å². The van der Waals surface area contributed by atoms with Gasteiger partial charge in [0.15, 0.2) is 6.40 Å². The third kappa shape index (κ3) is 3.19. The lowest BCUT2D eigenvalue weighted by Crippen LogP contribution is -1.86. The molecule has 64 valence electrons. The Morgan fingerprint density at radius 3 is 2.75 bits per heavy atom. The van der Waals surface area contributed by atoms with Crippen molar-refractivity contribution in [1.82, 2.24) is 0 Å². The minimum Gasteiger partial charge on any atom is -0.484 e. The van der Waals surface area contributed by atoms with Gasteiger partial charge in [-0.1, -0.05) is 30.3 Å². The Balaban J connectivity index is 2.33. The standard InChI is InChI=1S/C10H13NO/c1-2-12-9-11-8-10-6-4-3-5-7-10/h3-7,9H,2,8H2,1H3. The van der Waals surface area contributed by atoms with Crippen molar-refractivity contribution >= 4 is 6.40 Å². The maximum atomic E-state index is 4.96. The Kier molecular flexibility index (Phi) is 3.92. The Hall–Kier alpha value is -1.31. The highest BCUT2D eigenvalue weighted by Crippen LogP contribution is 1.98. The molecule has 0 aliphatic rings. The van der Waals surface area contributed by atoms with Crippen molar-refractivity contribution in [3.63, 3.8) is 0 Å². The normalized spacial score (nSPS) is 10.4. The van der Waals surface area contributed by atoms with E-state index in [2.05, 4.69) is 4.99 Å². The van der Waals surface area contributed by atoms with Crippen LogP contribution in [0.25, 0.3) is 0 Å². The van der Waals surface area contributed by atoms with E-state index in [4.69, 9.17) is 4.74 Å². The monoisotopic (exact) mass is 163 g/mol. The molecular formula is C10H13NO. The summed E-state index contributed by atoms with van der Waals surface area (Å²) < 4.78 is 4.96. The smallest absolute Gasteiger partial charge is 0.169 e. The first kappa shape index (κ1) is 8.78. The van der Waals surface area contributed by atoms with Crippen LogP contribution in [-0.4, -0.2) is 13.0 Å². The van der Waals surface area contributed by atoms with E-state index >= 15 is 0 Å². The van der Waals surface area contributed by atoms with Gasteiger partial charge in [-0.05, 0) is 12.5 Å². The van der Waals surface area contributed by atoms with Crippen LogP contribution in [0.15, 0.2) is 35.3 Å². The Morgan fingerprint density at radius 2 is 2.08 bits per heavy atom. The molecule has 0 bridgehead atoms. The second-order valence-corrected chi connectivity index (χ2v) is 2.39. The minimum atomic E-state index is 0.679. The average Bonchev–Trinajstić information content (AvgIpc) is 2.14. The summed E-state index contributed by atoms with van der Waals surface area (Å²) in [6.07, 6.45) is 1.51. The van der Waals surface area contributed by atoms with Crippen LogP contribution in [-0.2, 0) is 11.3 Å². The first-order valence-electron chi connectivity index (χ1n) is 4.07. The summed E-state index contributed by atoms with van der Waals surface area (Å²) in [6, 6.07) is 10.1. The van der Waals surface area contributed by atoms with Crippen LogP contribution >= 0.6 is 0 Å². The SMILES string of the molecule is CCOC=NCc1ccccc1. The maximum absolute atomic E-state index is 4.96. The molecule has 0 saturated carbocycles. The van der Waals surface area contributed by atoms with Gasteiger partial charge in [0.1, 0.15) is 0 Å². The number of rotatable bonds is 4. The van der Waals surface area contributed by atoms with Crippen molar-refractivity contribution < 1.29 is 4.74 Å².